The first-order valence-corrected chi connectivity index (χ1v) is 15.7. The monoisotopic (exact) mass is 629 g/mol. The van der Waals surface area contributed by atoms with Crippen LogP contribution >= 0.6 is 11.6 Å². The smallest absolute Gasteiger partial charge is 0.264 e. The van der Waals surface area contributed by atoms with Crippen molar-refractivity contribution in [1.29, 1.82) is 0 Å². The molecule has 0 bridgehead atoms. The molecule has 3 aromatic rings. The summed E-state index contributed by atoms with van der Waals surface area (Å²) in [7, 11) is -1.42. The van der Waals surface area contributed by atoms with Crippen molar-refractivity contribution in [3.63, 3.8) is 0 Å². The van der Waals surface area contributed by atoms with Crippen molar-refractivity contribution >= 4 is 39.1 Å². The maximum Gasteiger partial charge on any atom is 0.264 e. The van der Waals surface area contributed by atoms with E-state index in [1.54, 1.807) is 55.5 Å². The van der Waals surface area contributed by atoms with Gasteiger partial charge in [-0.3, -0.25) is 13.9 Å². The summed E-state index contributed by atoms with van der Waals surface area (Å²) >= 11 is 6.46. The molecule has 0 aliphatic rings. The first kappa shape index (κ1) is 33.7. The number of ether oxygens (including phenoxy) is 2. The van der Waals surface area contributed by atoms with Crippen LogP contribution in [0.4, 0.5) is 5.69 Å². The maximum absolute atomic E-state index is 14.2. The first-order valence-electron chi connectivity index (χ1n) is 13.9. The van der Waals surface area contributed by atoms with Crippen molar-refractivity contribution in [1.82, 2.24) is 10.2 Å². The topological polar surface area (TPSA) is 105 Å². The lowest BCUT2D eigenvalue weighted by Crippen LogP contribution is -2.55. The summed E-state index contributed by atoms with van der Waals surface area (Å²) in [6.45, 7) is 8.69. The van der Waals surface area contributed by atoms with Crippen LogP contribution in [0, 0.1) is 6.92 Å². The number of hydrogen-bond acceptors (Lipinski definition) is 6. The lowest BCUT2D eigenvalue weighted by molar-refractivity contribution is -0.141. The molecule has 3 rings (SSSR count). The van der Waals surface area contributed by atoms with Gasteiger partial charge >= 0.3 is 0 Å². The SMILES string of the molecule is CC[C@@H](C(=O)NC(C)(C)C)N(Cc1ccccc1Cl)C(=O)CN(c1ccc(C)cc1)S(=O)(=O)c1ccc(OC)c(OC)c1. The molecule has 0 spiro atoms. The third kappa shape index (κ3) is 8.42. The van der Waals surface area contributed by atoms with E-state index in [0.29, 0.717) is 28.4 Å². The third-order valence-corrected chi connectivity index (χ3v) is 8.87. The van der Waals surface area contributed by atoms with Gasteiger partial charge in [-0.05, 0) is 70.0 Å². The molecule has 0 aliphatic heterocycles. The second-order valence-corrected chi connectivity index (χ2v) is 13.4. The van der Waals surface area contributed by atoms with Crippen LogP contribution in [0.1, 0.15) is 45.2 Å². The van der Waals surface area contributed by atoms with E-state index in [4.69, 9.17) is 21.1 Å². The van der Waals surface area contributed by atoms with E-state index in [-0.39, 0.29) is 23.1 Å². The molecule has 9 nitrogen and oxygen atoms in total. The van der Waals surface area contributed by atoms with Gasteiger partial charge in [0.2, 0.25) is 11.8 Å². The zero-order valence-corrected chi connectivity index (χ0v) is 27.3. The third-order valence-electron chi connectivity index (χ3n) is 6.73. The zero-order chi connectivity index (χ0) is 31.9. The number of methoxy groups -OCH3 is 2. The van der Waals surface area contributed by atoms with Gasteiger partial charge in [0.25, 0.3) is 10.0 Å². The van der Waals surface area contributed by atoms with Gasteiger partial charge in [-0.15, -0.1) is 0 Å². The summed E-state index contributed by atoms with van der Waals surface area (Å²) < 4.78 is 40.0. The average Bonchev–Trinajstić information content (AvgIpc) is 2.95. The fraction of sp³-hybridized carbons (Fsp3) is 0.375. The van der Waals surface area contributed by atoms with Crippen LogP contribution in [0.3, 0.4) is 0 Å². The van der Waals surface area contributed by atoms with Gasteiger partial charge < -0.3 is 19.7 Å². The Morgan fingerprint density at radius 2 is 1.58 bits per heavy atom. The van der Waals surface area contributed by atoms with Crippen molar-refractivity contribution in [3.8, 4) is 11.5 Å². The Labute approximate surface area is 259 Å². The lowest BCUT2D eigenvalue weighted by atomic mass is 10.1. The molecule has 0 aliphatic carbocycles. The van der Waals surface area contributed by atoms with Crippen molar-refractivity contribution < 1.29 is 27.5 Å². The molecule has 0 aromatic heterocycles. The lowest BCUT2D eigenvalue weighted by Gasteiger charge is -2.35. The number of anilines is 1. The molecule has 0 saturated heterocycles. The Morgan fingerprint density at radius 1 is 0.953 bits per heavy atom. The van der Waals surface area contributed by atoms with Crippen molar-refractivity contribution in [3.05, 3.63) is 82.9 Å². The fourth-order valence-corrected chi connectivity index (χ4v) is 6.15. The number of sulfonamides is 1. The van der Waals surface area contributed by atoms with Crippen molar-refractivity contribution in [2.24, 2.45) is 0 Å². The van der Waals surface area contributed by atoms with Crippen molar-refractivity contribution in [2.75, 3.05) is 25.1 Å². The van der Waals surface area contributed by atoms with Crippen molar-refractivity contribution in [2.45, 2.75) is 64.1 Å². The Balaban J connectivity index is 2.12. The van der Waals surface area contributed by atoms with E-state index in [1.807, 2.05) is 27.7 Å². The average molecular weight is 630 g/mol. The van der Waals surface area contributed by atoms with Gasteiger partial charge in [0.15, 0.2) is 11.5 Å². The number of nitrogens with one attached hydrogen (secondary N) is 1. The highest BCUT2D eigenvalue weighted by atomic mass is 35.5. The molecule has 2 amide bonds. The molecule has 0 saturated carbocycles. The largest absolute Gasteiger partial charge is 0.493 e. The second kappa shape index (κ2) is 14.1. The number of amides is 2. The van der Waals surface area contributed by atoms with E-state index in [0.717, 1.165) is 9.87 Å². The Kier molecular flexibility index (Phi) is 11.1. The van der Waals surface area contributed by atoms with Crippen LogP contribution < -0.4 is 19.1 Å². The molecule has 11 heteroatoms. The first-order chi connectivity index (χ1) is 20.2. The number of hydrogen-bond donors (Lipinski definition) is 1. The summed E-state index contributed by atoms with van der Waals surface area (Å²) in [4.78, 5) is 29.0. The summed E-state index contributed by atoms with van der Waals surface area (Å²) in [5, 5.41) is 3.38. The summed E-state index contributed by atoms with van der Waals surface area (Å²) in [5.41, 5.74) is 1.29. The number of carbonyl (C=O) groups is 2. The maximum atomic E-state index is 14.2. The van der Waals surface area contributed by atoms with Gasteiger partial charge in [-0.25, -0.2) is 8.42 Å². The molecule has 0 unspecified atom stereocenters. The van der Waals surface area contributed by atoms with Gasteiger partial charge in [-0.2, -0.15) is 0 Å². The molecule has 0 heterocycles. The molecule has 0 fully saturated rings. The normalized spacial score (nSPS) is 12.3. The quantitative estimate of drug-likeness (QED) is 0.280. The fourth-order valence-electron chi connectivity index (χ4n) is 4.53. The summed E-state index contributed by atoms with van der Waals surface area (Å²) in [5.74, 6) is -0.328. The molecule has 43 heavy (non-hydrogen) atoms. The van der Waals surface area contributed by atoms with Crippen LogP contribution in [0.15, 0.2) is 71.6 Å². The van der Waals surface area contributed by atoms with E-state index < -0.39 is 34.1 Å². The summed E-state index contributed by atoms with van der Waals surface area (Å²) in [6.07, 6.45) is 0.297. The zero-order valence-electron chi connectivity index (χ0n) is 25.7. The Morgan fingerprint density at radius 3 is 2.14 bits per heavy atom. The predicted octanol–water partition coefficient (Wildman–Crippen LogP) is 5.58. The minimum absolute atomic E-state index is 0.00667. The Bertz CT molecular complexity index is 1540. The number of carbonyl (C=O) groups excluding carboxylic acids is 2. The predicted molar refractivity (Wildman–Crippen MR) is 169 cm³/mol. The van der Waals surface area contributed by atoms with Crippen LogP contribution in [0.5, 0.6) is 11.5 Å². The van der Waals surface area contributed by atoms with E-state index in [9.17, 15) is 18.0 Å². The highest BCUT2D eigenvalue weighted by Crippen LogP contribution is 2.32. The molecule has 232 valence electrons. The molecule has 3 aromatic carbocycles. The number of rotatable bonds is 12. The molecular weight excluding hydrogens is 590 g/mol. The van der Waals surface area contributed by atoms with Crippen LogP contribution in [0.25, 0.3) is 0 Å². The number of benzene rings is 3. The van der Waals surface area contributed by atoms with Gasteiger partial charge in [-0.1, -0.05) is 54.4 Å². The van der Waals surface area contributed by atoms with E-state index >= 15 is 0 Å². The molecule has 1 N–H and O–H groups in total. The van der Waals surface area contributed by atoms with E-state index in [1.165, 1.54) is 37.3 Å². The van der Waals surface area contributed by atoms with Crippen LogP contribution in [-0.4, -0.2) is 57.5 Å². The van der Waals surface area contributed by atoms with E-state index in [2.05, 4.69) is 5.32 Å². The van der Waals surface area contributed by atoms with Gasteiger partial charge in [0.05, 0.1) is 24.8 Å². The highest BCUT2D eigenvalue weighted by molar-refractivity contribution is 7.92. The minimum Gasteiger partial charge on any atom is -0.493 e. The van der Waals surface area contributed by atoms with Crippen LogP contribution in [0.2, 0.25) is 5.02 Å². The number of aryl methyl sites for hydroxylation is 1. The van der Waals surface area contributed by atoms with Gasteiger partial charge in [0, 0.05) is 23.2 Å². The molecular formula is C32H40ClN3O6S. The number of nitrogens with zero attached hydrogens (tertiary/aromatic N) is 2. The summed E-state index contributed by atoms with van der Waals surface area (Å²) in [6, 6.07) is 17.2. The molecule has 1 atom stereocenters. The number of halogens is 1. The van der Waals surface area contributed by atoms with Gasteiger partial charge in [0.1, 0.15) is 12.6 Å². The van der Waals surface area contributed by atoms with Crippen LogP contribution in [-0.2, 0) is 26.2 Å². The minimum atomic E-state index is -4.29. The highest BCUT2D eigenvalue weighted by Gasteiger charge is 2.35. The second-order valence-electron chi connectivity index (χ2n) is 11.1. The Hall–Kier alpha value is -3.76. The standard InChI is InChI=1S/C32H40ClN3O6S/c1-8-27(31(38)34-32(3,4)5)35(20-23-11-9-10-12-26(23)33)30(37)21-36(24-15-13-22(2)14-16-24)43(39,40)25-17-18-28(41-6)29(19-25)42-7/h9-19,27H,8,20-21H2,1-7H3,(H,34,38)/t27-/m0/s1. The molecule has 0 radical (unpaired) electrons.